The highest BCUT2D eigenvalue weighted by Gasteiger charge is 2.34. The van der Waals surface area contributed by atoms with Crippen molar-refractivity contribution >= 4 is 21.8 Å². The van der Waals surface area contributed by atoms with Gasteiger partial charge in [-0.15, -0.1) is 0 Å². The Balaban J connectivity index is 2.19. The monoisotopic (exact) mass is 328 g/mol. The summed E-state index contributed by atoms with van der Waals surface area (Å²) >= 11 is 1.84. The fourth-order valence-corrected chi connectivity index (χ4v) is 5.47. The predicted octanol–water partition coefficient (Wildman–Crippen LogP) is 1.96. The lowest BCUT2D eigenvalue weighted by Crippen LogP contribution is -2.47. The molecule has 0 spiro atoms. The maximum atomic E-state index is 12.8. The van der Waals surface area contributed by atoms with E-state index in [9.17, 15) is 8.42 Å². The molecule has 4 nitrogen and oxygen atoms in total. The largest absolute Gasteiger partial charge is 0.319 e. The molecule has 1 N–H and O–H groups in total. The number of sulfonamides is 1. The van der Waals surface area contributed by atoms with E-state index in [0.717, 1.165) is 24.3 Å². The van der Waals surface area contributed by atoms with Crippen molar-refractivity contribution in [3.63, 3.8) is 0 Å². The van der Waals surface area contributed by atoms with Crippen LogP contribution in [0.2, 0.25) is 0 Å². The van der Waals surface area contributed by atoms with Gasteiger partial charge in [0.25, 0.3) is 0 Å². The zero-order chi connectivity index (χ0) is 15.5. The smallest absolute Gasteiger partial charge is 0.243 e. The summed E-state index contributed by atoms with van der Waals surface area (Å²) in [5, 5.41) is 3.43. The van der Waals surface area contributed by atoms with E-state index in [0.29, 0.717) is 16.7 Å². The molecule has 1 saturated heterocycles. The van der Waals surface area contributed by atoms with Crippen LogP contribution < -0.4 is 5.32 Å². The Morgan fingerprint density at radius 2 is 1.95 bits per heavy atom. The van der Waals surface area contributed by atoms with E-state index in [-0.39, 0.29) is 6.04 Å². The van der Waals surface area contributed by atoms with Crippen molar-refractivity contribution in [3.8, 4) is 0 Å². The topological polar surface area (TPSA) is 49.4 Å². The summed E-state index contributed by atoms with van der Waals surface area (Å²) in [4.78, 5) is 0.404. The van der Waals surface area contributed by atoms with Crippen LogP contribution in [0.5, 0.6) is 0 Å². The zero-order valence-corrected chi connectivity index (χ0v) is 14.5. The molecule has 1 fully saturated rings. The Morgan fingerprint density at radius 1 is 1.29 bits per heavy atom. The molecule has 0 radical (unpaired) electrons. The van der Waals surface area contributed by atoms with E-state index in [1.807, 2.05) is 37.9 Å². The minimum absolute atomic E-state index is 0.0396. The standard InChI is InChI=1S/C15H24N2O2S2/c1-12-13(2)20-11-10-17(12)21(18,19)15-6-4-14(5-7-15)8-9-16-3/h4-7,12-13,16H,8-11H2,1-3H3. The molecule has 0 bridgehead atoms. The molecule has 0 aromatic heterocycles. The molecule has 21 heavy (non-hydrogen) atoms. The van der Waals surface area contributed by atoms with E-state index in [2.05, 4.69) is 12.2 Å². The van der Waals surface area contributed by atoms with E-state index < -0.39 is 10.0 Å². The van der Waals surface area contributed by atoms with Gasteiger partial charge in [-0.1, -0.05) is 19.1 Å². The quantitative estimate of drug-likeness (QED) is 0.898. The van der Waals surface area contributed by atoms with Gasteiger partial charge < -0.3 is 5.32 Å². The Labute approximate surface area is 132 Å². The molecule has 1 aliphatic heterocycles. The first-order chi connectivity index (χ1) is 9.96. The maximum Gasteiger partial charge on any atom is 0.243 e. The van der Waals surface area contributed by atoms with Crippen LogP contribution in [-0.4, -0.2) is 49.9 Å². The maximum absolute atomic E-state index is 12.8. The molecule has 0 aliphatic carbocycles. The molecule has 1 aromatic carbocycles. The molecule has 2 unspecified atom stereocenters. The molecule has 1 heterocycles. The number of likely N-dealkylation sites (N-methyl/N-ethyl adjacent to an activating group) is 1. The molecule has 2 atom stereocenters. The van der Waals surface area contributed by atoms with Gasteiger partial charge in [0.1, 0.15) is 0 Å². The van der Waals surface area contributed by atoms with Crippen molar-refractivity contribution in [2.24, 2.45) is 0 Å². The van der Waals surface area contributed by atoms with Crippen molar-refractivity contribution < 1.29 is 8.42 Å². The SMILES string of the molecule is CNCCc1ccc(S(=O)(=O)N2CCSC(C)C2C)cc1. The van der Waals surface area contributed by atoms with Crippen LogP contribution in [0.25, 0.3) is 0 Å². The minimum atomic E-state index is -3.38. The fourth-order valence-electron chi connectivity index (χ4n) is 2.48. The number of rotatable bonds is 5. The zero-order valence-electron chi connectivity index (χ0n) is 12.9. The van der Waals surface area contributed by atoms with Crippen LogP contribution in [0.4, 0.5) is 0 Å². The van der Waals surface area contributed by atoms with Crippen molar-refractivity contribution in [1.82, 2.24) is 9.62 Å². The first-order valence-corrected chi connectivity index (χ1v) is 9.82. The molecule has 1 aliphatic rings. The van der Waals surface area contributed by atoms with Gasteiger partial charge in [0, 0.05) is 23.6 Å². The van der Waals surface area contributed by atoms with Gasteiger partial charge in [0.15, 0.2) is 0 Å². The molecule has 0 amide bonds. The molecule has 0 saturated carbocycles. The second kappa shape index (κ2) is 7.13. The predicted molar refractivity (Wildman–Crippen MR) is 89.3 cm³/mol. The minimum Gasteiger partial charge on any atom is -0.319 e. The van der Waals surface area contributed by atoms with Gasteiger partial charge >= 0.3 is 0 Å². The Bertz CT molecular complexity index is 558. The number of nitrogens with one attached hydrogen (secondary N) is 1. The highest BCUT2D eigenvalue weighted by Crippen LogP contribution is 2.29. The van der Waals surface area contributed by atoms with E-state index in [4.69, 9.17) is 0 Å². The van der Waals surface area contributed by atoms with Gasteiger partial charge in [-0.25, -0.2) is 8.42 Å². The lowest BCUT2D eigenvalue weighted by molar-refractivity contribution is 0.340. The summed E-state index contributed by atoms with van der Waals surface area (Å²) in [6.45, 7) is 5.58. The molecule has 2 rings (SSSR count). The molecule has 1 aromatic rings. The average Bonchev–Trinajstić information content (AvgIpc) is 2.48. The lowest BCUT2D eigenvalue weighted by Gasteiger charge is -2.36. The Kier molecular flexibility index (Phi) is 5.71. The van der Waals surface area contributed by atoms with Crippen LogP contribution in [0.1, 0.15) is 19.4 Å². The van der Waals surface area contributed by atoms with Gasteiger partial charge in [0.05, 0.1) is 4.90 Å². The van der Waals surface area contributed by atoms with Gasteiger partial charge in [-0.3, -0.25) is 0 Å². The third-order valence-electron chi connectivity index (χ3n) is 4.02. The van der Waals surface area contributed by atoms with E-state index >= 15 is 0 Å². The summed E-state index contributed by atoms with van der Waals surface area (Å²) < 4.78 is 27.2. The highest BCUT2D eigenvalue weighted by atomic mass is 32.2. The third kappa shape index (κ3) is 3.80. The van der Waals surface area contributed by atoms with Crippen molar-refractivity contribution in [1.29, 1.82) is 0 Å². The fraction of sp³-hybridized carbons (Fsp3) is 0.600. The summed E-state index contributed by atoms with van der Waals surface area (Å²) in [7, 11) is -1.46. The number of thioether (sulfide) groups is 1. The lowest BCUT2D eigenvalue weighted by atomic mass is 10.1. The van der Waals surface area contributed by atoms with Crippen LogP contribution in [-0.2, 0) is 16.4 Å². The molecular formula is C15H24N2O2S2. The normalized spacial score (nSPS) is 24.1. The average molecular weight is 329 g/mol. The molecular weight excluding hydrogens is 304 g/mol. The Hall–Kier alpha value is -0.560. The van der Waals surface area contributed by atoms with Crippen LogP contribution in [0.15, 0.2) is 29.2 Å². The summed E-state index contributed by atoms with van der Waals surface area (Å²) in [6, 6.07) is 7.34. The van der Waals surface area contributed by atoms with E-state index in [1.165, 1.54) is 0 Å². The molecule has 6 heteroatoms. The first-order valence-electron chi connectivity index (χ1n) is 7.34. The summed E-state index contributed by atoms with van der Waals surface area (Å²) in [5.41, 5.74) is 1.15. The number of nitrogens with zero attached hydrogens (tertiary/aromatic N) is 1. The van der Waals surface area contributed by atoms with Crippen LogP contribution >= 0.6 is 11.8 Å². The second-order valence-corrected chi connectivity index (χ2v) is 8.81. The van der Waals surface area contributed by atoms with Crippen molar-refractivity contribution in [2.45, 2.75) is 36.5 Å². The van der Waals surface area contributed by atoms with Gasteiger partial charge in [-0.05, 0) is 44.6 Å². The highest BCUT2D eigenvalue weighted by molar-refractivity contribution is 8.00. The third-order valence-corrected chi connectivity index (χ3v) is 7.36. The van der Waals surface area contributed by atoms with Crippen LogP contribution in [0.3, 0.4) is 0 Å². The van der Waals surface area contributed by atoms with Crippen molar-refractivity contribution in [3.05, 3.63) is 29.8 Å². The number of hydrogen-bond donors (Lipinski definition) is 1. The second-order valence-electron chi connectivity index (χ2n) is 5.43. The summed E-state index contributed by atoms with van der Waals surface area (Å²) in [6.07, 6.45) is 0.907. The van der Waals surface area contributed by atoms with Gasteiger partial charge in [0.2, 0.25) is 10.0 Å². The number of hydrogen-bond acceptors (Lipinski definition) is 4. The van der Waals surface area contributed by atoms with Crippen molar-refractivity contribution in [2.75, 3.05) is 25.9 Å². The first kappa shape index (κ1) is 16.8. The van der Waals surface area contributed by atoms with E-state index in [1.54, 1.807) is 16.4 Å². The van der Waals surface area contributed by atoms with Gasteiger partial charge in [-0.2, -0.15) is 16.1 Å². The summed E-state index contributed by atoms with van der Waals surface area (Å²) in [5.74, 6) is 0.866. The number of benzene rings is 1. The Morgan fingerprint density at radius 3 is 2.57 bits per heavy atom. The molecule has 118 valence electrons. The van der Waals surface area contributed by atoms with Crippen LogP contribution in [0, 0.1) is 0 Å².